The van der Waals surface area contributed by atoms with E-state index >= 15 is 0 Å². The van der Waals surface area contributed by atoms with Crippen molar-refractivity contribution >= 4 is 23.1 Å². The molecule has 0 unspecified atom stereocenters. The second kappa shape index (κ2) is 10.6. The maximum atomic E-state index is 12.7. The lowest BCUT2D eigenvalue weighted by molar-refractivity contribution is -0.137. The number of hydrogen-bond donors (Lipinski definition) is 1. The number of nitrogens with one attached hydrogen (secondary N) is 1. The summed E-state index contributed by atoms with van der Waals surface area (Å²) in [5.41, 5.74) is 1.13. The molecule has 0 aliphatic carbocycles. The quantitative estimate of drug-likeness (QED) is 0.428. The fraction of sp³-hybridized carbons (Fsp3) is 0.360. The summed E-state index contributed by atoms with van der Waals surface area (Å²) in [7, 11) is 0. The van der Waals surface area contributed by atoms with Crippen LogP contribution in [-0.4, -0.2) is 36.7 Å². The molecule has 1 aromatic heterocycles. The van der Waals surface area contributed by atoms with Crippen molar-refractivity contribution in [2.45, 2.75) is 38.5 Å². The first-order valence-corrected chi connectivity index (χ1v) is 12.0. The first-order chi connectivity index (χ1) is 16.3. The topological polar surface area (TPSA) is 54.5 Å². The minimum Gasteiger partial charge on any atom is -0.462 e. The number of ether oxygens (including phenoxy) is 1. The maximum absolute atomic E-state index is 12.7. The number of nitrogens with zero attached hydrogens (tertiary/aromatic N) is 2. The molecule has 1 aliphatic heterocycles. The van der Waals surface area contributed by atoms with E-state index in [-0.39, 0.29) is 12.0 Å². The van der Waals surface area contributed by atoms with Gasteiger partial charge in [0.15, 0.2) is 10.7 Å². The van der Waals surface area contributed by atoms with Gasteiger partial charge in [-0.15, -0.1) is 11.3 Å². The average molecular weight is 490 g/mol. The Morgan fingerprint density at radius 3 is 2.41 bits per heavy atom. The van der Waals surface area contributed by atoms with Gasteiger partial charge in [0, 0.05) is 31.2 Å². The first kappa shape index (κ1) is 24.2. The molecule has 4 rings (SSSR count). The van der Waals surface area contributed by atoms with Gasteiger partial charge < -0.3 is 15.0 Å². The van der Waals surface area contributed by atoms with Crippen molar-refractivity contribution in [2.24, 2.45) is 0 Å². The minimum atomic E-state index is -4.32. The zero-order chi connectivity index (χ0) is 24.1. The molecule has 9 heteroatoms. The minimum absolute atomic E-state index is 0.233. The number of thiazole rings is 1. The third-order valence-corrected chi connectivity index (χ3v) is 6.84. The third-order valence-electron chi connectivity index (χ3n) is 5.76. The summed E-state index contributed by atoms with van der Waals surface area (Å²) < 4.78 is 43.5. The average Bonchev–Trinajstić information content (AvgIpc) is 3.29. The van der Waals surface area contributed by atoms with E-state index in [1.807, 2.05) is 30.3 Å². The van der Waals surface area contributed by atoms with E-state index in [1.54, 1.807) is 6.92 Å². The molecule has 34 heavy (non-hydrogen) atoms. The van der Waals surface area contributed by atoms with Gasteiger partial charge in [-0.25, -0.2) is 9.78 Å². The molecule has 0 bridgehead atoms. The maximum Gasteiger partial charge on any atom is 0.416 e. The zero-order valence-corrected chi connectivity index (χ0v) is 19.6. The number of alkyl halides is 3. The number of esters is 1. The molecule has 1 saturated heterocycles. The van der Waals surface area contributed by atoms with Crippen LogP contribution >= 0.6 is 11.3 Å². The number of halogens is 3. The number of carbonyl (C=O) groups is 1. The van der Waals surface area contributed by atoms with Crippen molar-refractivity contribution in [1.82, 2.24) is 10.3 Å². The van der Waals surface area contributed by atoms with Crippen molar-refractivity contribution in [3.05, 3.63) is 70.6 Å². The Morgan fingerprint density at radius 1 is 1.12 bits per heavy atom. The number of rotatable bonds is 7. The highest BCUT2D eigenvalue weighted by Gasteiger charge is 2.30. The molecular formula is C25H26F3N3O2S. The number of benzene rings is 2. The van der Waals surface area contributed by atoms with Gasteiger partial charge in [0.05, 0.1) is 12.2 Å². The SMILES string of the molecule is CCOC(=O)c1sc(-c2ccccc2)nc1N1CCC(NCc2ccc(C(F)(F)F)cc2)CC1. The largest absolute Gasteiger partial charge is 0.462 e. The van der Waals surface area contributed by atoms with Crippen LogP contribution in [-0.2, 0) is 17.5 Å². The Balaban J connectivity index is 1.39. The van der Waals surface area contributed by atoms with Crippen LogP contribution in [0, 0.1) is 0 Å². The molecule has 0 saturated carbocycles. The lowest BCUT2D eigenvalue weighted by Crippen LogP contribution is -2.42. The summed E-state index contributed by atoms with van der Waals surface area (Å²) in [6, 6.07) is 15.2. The Morgan fingerprint density at radius 2 is 1.79 bits per heavy atom. The van der Waals surface area contributed by atoms with Crippen molar-refractivity contribution in [3.63, 3.8) is 0 Å². The number of aromatic nitrogens is 1. The van der Waals surface area contributed by atoms with Gasteiger partial charge in [0.25, 0.3) is 0 Å². The first-order valence-electron chi connectivity index (χ1n) is 11.2. The van der Waals surface area contributed by atoms with Crippen LogP contribution in [0.4, 0.5) is 19.0 Å². The molecule has 0 atom stereocenters. The molecule has 1 N–H and O–H groups in total. The van der Waals surface area contributed by atoms with E-state index in [9.17, 15) is 18.0 Å². The fourth-order valence-corrected chi connectivity index (χ4v) is 4.92. The summed E-state index contributed by atoms with van der Waals surface area (Å²) in [6.07, 6.45) is -2.65. The molecule has 0 spiro atoms. The van der Waals surface area contributed by atoms with E-state index in [0.29, 0.717) is 23.8 Å². The van der Waals surface area contributed by atoms with Gasteiger partial charge in [-0.1, -0.05) is 42.5 Å². The fourth-order valence-electron chi connectivity index (χ4n) is 3.93. The van der Waals surface area contributed by atoms with E-state index in [4.69, 9.17) is 9.72 Å². The van der Waals surface area contributed by atoms with E-state index < -0.39 is 11.7 Å². The van der Waals surface area contributed by atoms with Gasteiger partial charge in [-0.3, -0.25) is 0 Å². The van der Waals surface area contributed by atoms with Crippen molar-refractivity contribution in [2.75, 3.05) is 24.6 Å². The van der Waals surface area contributed by atoms with Crippen LogP contribution in [0.3, 0.4) is 0 Å². The lowest BCUT2D eigenvalue weighted by atomic mass is 10.0. The summed E-state index contributed by atoms with van der Waals surface area (Å²) >= 11 is 1.34. The highest BCUT2D eigenvalue weighted by Crippen LogP contribution is 2.35. The van der Waals surface area contributed by atoms with Gasteiger partial charge in [-0.05, 0) is 37.5 Å². The van der Waals surface area contributed by atoms with Crippen molar-refractivity contribution in [1.29, 1.82) is 0 Å². The van der Waals surface area contributed by atoms with Crippen LogP contribution in [0.25, 0.3) is 10.6 Å². The van der Waals surface area contributed by atoms with Crippen LogP contribution in [0.15, 0.2) is 54.6 Å². The normalized spacial score (nSPS) is 14.9. The molecule has 0 amide bonds. The lowest BCUT2D eigenvalue weighted by Gasteiger charge is -2.33. The highest BCUT2D eigenvalue weighted by atomic mass is 32.1. The second-order valence-corrected chi connectivity index (χ2v) is 9.09. The van der Waals surface area contributed by atoms with Crippen LogP contribution < -0.4 is 10.2 Å². The Hall–Kier alpha value is -2.91. The molecule has 2 aromatic carbocycles. The molecule has 5 nitrogen and oxygen atoms in total. The summed E-state index contributed by atoms with van der Waals surface area (Å²) in [6.45, 7) is 4.02. The molecule has 0 radical (unpaired) electrons. The molecule has 2 heterocycles. The van der Waals surface area contributed by atoms with Gasteiger partial charge in [0.2, 0.25) is 0 Å². The van der Waals surface area contributed by atoms with Gasteiger partial charge >= 0.3 is 12.1 Å². The van der Waals surface area contributed by atoms with E-state index in [2.05, 4.69) is 10.2 Å². The van der Waals surface area contributed by atoms with E-state index in [0.717, 1.165) is 54.2 Å². The van der Waals surface area contributed by atoms with Crippen molar-refractivity contribution < 1.29 is 22.7 Å². The third kappa shape index (κ3) is 5.77. The Bertz CT molecular complexity index is 1090. The summed E-state index contributed by atoms with van der Waals surface area (Å²) in [5.74, 6) is 0.295. The van der Waals surface area contributed by atoms with Crippen LogP contribution in [0.5, 0.6) is 0 Å². The van der Waals surface area contributed by atoms with Crippen LogP contribution in [0.1, 0.15) is 40.6 Å². The number of hydrogen-bond acceptors (Lipinski definition) is 6. The standard InChI is InChI=1S/C25H26F3N3O2S/c1-2-33-24(32)21-22(30-23(34-21)18-6-4-3-5-7-18)31-14-12-20(13-15-31)29-16-17-8-10-19(11-9-17)25(26,27)28/h3-11,20,29H,2,12-16H2,1H3. The predicted octanol–water partition coefficient (Wildman–Crippen LogP) is 5.76. The zero-order valence-electron chi connectivity index (χ0n) is 18.8. The van der Waals surface area contributed by atoms with Gasteiger partial charge in [0.1, 0.15) is 5.01 Å². The smallest absolute Gasteiger partial charge is 0.416 e. The Labute approximate surface area is 200 Å². The molecule has 1 fully saturated rings. The number of carbonyl (C=O) groups excluding carboxylic acids is 1. The predicted molar refractivity (Wildman–Crippen MR) is 127 cm³/mol. The summed E-state index contributed by atoms with van der Waals surface area (Å²) in [4.78, 5) is 20.0. The molecule has 1 aliphatic rings. The van der Waals surface area contributed by atoms with Gasteiger partial charge in [-0.2, -0.15) is 13.2 Å². The second-order valence-electron chi connectivity index (χ2n) is 8.10. The summed E-state index contributed by atoms with van der Waals surface area (Å²) in [5, 5.41) is 4.22. The molecule has 3 aromatic rings. The monoisotopic (exact) mass is 489 g/mol. The van der Waals surface area contributed by atoms with Crippen molar-refractivity contribution in [3.8, 4) is 10.6 Å². The number of anilines is 1. The Kier molecular flexibility index (Phi) is 7.53. The van der Waals surface area contributed by atoms with E-state index in [1.165, 1.54) is 23.5 Å². The molecular weight excluding hydrogens is 463 g/mol. The highest BCUT2D eigenvalue weighted by molar-refractivity contribution is 7.17. The molecule has 180 valence electrons. The number of piperidine rings is 1. The van der Waals surface area contributed by atoms with Crippen LogP contribution in [0.2, 0.25) is 0 Å².